The molecule has 1 amide bonds. The molecule has 0 atom stereocenters. The Morgan fingerprint density at radius 3 is 2.61 bits per heavy atom. The fourth-order valence-electron chi connectivity index (χ4n) is 3.79. The lowest BCUT2D eigenvalue weighted by Crippen LogP contribution is -2.31. The van der Waals surface area contributed by atoms with Crippen LogP contribution in [0, 0.1) is 0 Å². The van der Waals surface area contributed by atoms with Gasteiger partial charge in [-0.3, -0.25) is 9.78 Å². The van der Waals surface area contributed by atoms with Gasteiger partial charge < -0.3 is 4.90 Å². The molecule has 2 aliphatic rings. The first-order valence-electron chi connectivity index (χ1n) is 8.64. The van der Waals surface area contributed by atoms with Crippen molar-refractivity contribution in [3.63, 3.8) is 0 Å². The molecule has 0 unspecified atom stereocenters. The summed E-state index contributed by atoms with van der Waals surface area (Å²) in [6, 6.07) is 5.80. The topological polar surface area (TPSA) is 33.2 Å². The first kappa shape index (κ1) is 14.9. The van der Waals surface area contributed by atoms with E-state index in [1.165, 1.54) is 18.4 Å². The number of aromatic nitrogens is 1. The molecule has 1 aromatic carbocycles. The number of likely N-dealkylation sites (tertiary alicyclic amines) is 1. The predicted octanol–water partition coefficient (Wildman–Crippen LogP) is 4.39. The number of carbonyl (C=O) groups excluding carboxylic acids is 1. The quantitative estimate of drug-likeness (QED) is 0.777. The van der Waals surface area contributed by atoms with E-state index in [9.17, 15) is 4.79 Å². The highest BCUT2D eigenvalue weighted by molar-refractivity contribution is 6.36. The third-order valence-corrected chi connectivity index (χ3v) is 5.52. The SMILES string of the molecule is O=C(c1ccc2c(Cl)c3c(nc2c1)CCC3)N1CCCCCC1. The van der Waals surface area contributed by atoms with Crippen LogP contribution in [-0.4, -0.2) is 28.9 Å². The number of rotatable bonds is 1. The third kappa shape index (κ3) is 2.72. The standard InChI is InChI=1S/C19H21ClN2O/c20-18-14-6-5-7-16(14)21-17-12-13(8-9-15(17)18)19(23)22-10-3-1-2-4-11-22/h8-9,12H,1-7,10-11H2. The first-order valence-corrected chi connectivity index (χ1v) is 9.02. The van der Waals surface area contributed by atoms with Crippen molar-refractivity contribution >= 4 is 28.4 Å². The summed E-state index contributed by atoms with van der Waals surface area (Å²) in [5, 5.41) is 1.80. The van der Waals surface area contributed by atoms with E-state index in [4.69, 9.17) is 16.6 Å². The average Bonchev–Trinajstić information content (AvgIpc) is 2.87. The van der Waals surface area contributed by atoms with Gasteiger partial charge in [-0.2, -0.15) is 0 Å². The van der Waals surface area contributed by atoms with Crippen molar-refractivity contribution in [3.05, 3.63) is 40.0 Å². The van der Waals surface area contributed by atoms with Gasteiger partial charge in [0.25, 0.3) is 5.91 Å². The van der Waals surface area contributed by atoms with E-state index < -0.39 is 0 Å². The number of pyridine rings is 1. The monoisotopic (exact) mass is 328 g/mol. The van der Waals surface area contributed by atoms with E-state index in [1.807, 2.05) is 23.1 Å². The lowest BCUT2D eigenvalue weighted by Gasteiger charge is -2.20. The van der Waals surface area contributed by atoms with Crippen molar-refractivity contribution in [2.45, 2.75) is 44.9 Å². The van der Waals surface area contributed by atoms with Gasteiger partial charge in [0.05, 0.1) is 10.5 Å². The summed E-state index contributed by atoms with van der Waals surface area (Å²) in [7, 11) is 0. The summed E-state index contributed by atoms with van der Waals surface area (Å²) < 4.78 is 0. The second-order valence-corrected chi connectivity index (χ2v) is 7.02. The molecule has 1 aliphatic heterocycles. The Balaban J connectivity index is 1.71. The molecule has 23 heavy (non-hydrogen) atoms. The highest BCUT2D eigenvalue weighted by Crippen LogP contribution is 2.34. The molecule has 0 N–H and O–H groups in total. The lowest BCUT2D eigenvalue weighted by molar-refractivity contribution is 0.0762. The number of carbonyl (C=O) groups is 1. The molecule has 1 fully saturated rings. The van der Waals surface area contributed by atoms with Crippen LogP contribution in [0.1, 0.15) is 53.7 Å². The second-order valence-electron chi connectivity index (χ2n) is 6.64. The minimum Gasteiger partial charge on any atom is -0.339 e. The fraction of sp³-hybridized carbons (Fsp3) is 0.474. The molecule has 2 aromatic rings. The van der Waals surface area contributed by atoms with Crippen LogP contribution in [0.4, 0.5) is 0 Å². The Bertz CT molecular complexity index is 764. The number of halogens is 1. The van der Waals surface area contributed by atoms with Gasteiger partial charge in [0.1, 0.15) is 0 Å². The molecule has 0 spiro atoms. The van der Waals surface area contributed by atoms with Crippen molar-refractivity contribution in [1.82, 2.24) is 9.88 Å². The number of benzene rings is 1. The van der Waals surface area contributed by atoms with Gasteiger partial charge in [-0.15, -0.1) is 0 Å². The van der Waals surface area contributed by atoms with Crippen molar-refractivity contribution in [3.8, 4) is 0 Å². The summed E-state index contributed by atoms with van der Waals surface area (Å²) in [5.41, 5.74) is 3.91. The largest absolute Gasteiger partial charge is 0.339 e. The Morgan fingerprint density at radius 1 is 1.04 bits per heavy atom. The van der Waals surface area contributed by atoms with Crippen molar-refractivity contribution in [1.29, 1.82) is 0 Å². The Hall–Kier alpha value is -1.61. The highest BCUT2D eigenvalue weighted by atomic mass is 35.5. The van der Waals surface area contributed by atoms with Crippen LogP contribution < -0.4 is 0 Å². The van der Waals surface area contributed by atoms with E-state index >= 15 is 0 Å². The molecule has 4 rings (SSSR count). The van der Waals surface area contributed by atoms with Gasteiger partial charge in [0.15, 0.2) is 0 Å². The van der Waals surface area contributed by atoms with Gasteiger partial charge in [-0.25, -0.2) is 0 Å². The number of nitrogens with zero attached hydrogens (tertiary/aromatic N) is 2. The molecule has 0 radical (unpaired) electrons. The number of fused-ring (bicyclic) bond motifs is 2. The van der Waals surface area contributed by atoms with Crippen LogP contribution in [-0.2, 0) is 12.8 Å². The van der Waals surface area contributed by atoms with E-state index in [-0.39, 0.29) is 5.91 Å². The van der Waals surface area contributed by atoms with Crippen LogP contribution >= 0.6 is 11.6 Å². The average molecular weight is 329 g/mol. The molecule has 1 aromatic heterocycles. The second kappa shape index (κ2) is 6.12. The number of aryl methyl sites for hydroxylation is 1. The minimum atomic E-state index is 0.132. The maximum absolute atomic E-state index is 12.8. The molecule has 1 saturated heterocycles. The van der Waals surface area contributed by atoms with Gasteiger partial charge >= 0.3 is 0 Å². The molecule has 120 valence electrons. The summed E-state index contributed by atoms with van der Waals surface area (Å²) in [6.45, 7) is 1.74. The summed E-state index contributed by atoms with van der Waals surface area (Å²) in [4.78, 5) is 19.5. The summed E-state index contributed by atoms with van der Waals surface area (Å²) in [5.74, 6) is 0.132. The zero-order chi connectivity index (χ0) is 15.8. The lowest BCUT2D eigenvalue weighted by atomic mass is 10.1. The molecule has 2 heterocycles. The molecular weight excluding hydrogens is 308 g/mol. The molecule has 4 heteroatoms. The Labute approximate surface area is 141 Å². The van der Waals surface area contributed by atoms with Crippen LogP contribution in [0.15, 0.2) is 18.2 Å². The zero-order valence-electron chi connectivity index (χ0n) is 13.3. The molecule has 1 aliphatic carbocycles. The molecular formula is C19H21ClN2O. The molecule has 0 saturated carbocycles. The van der Waals surface area contributed by atoms with Gasteiger partial charge in [-0.1, -0.05) is 30.5 Å². The van der Waals surface area contributed by atoms with Crippen LogP contribution in [0.5, 0.6) is 0 Å². The summed E-state index contributed by atoms with van der Waals surface area (Å²) in [6.07, 6.45) is 7.81. The third-order valence-electron chi connectivity index (χ3n) is 5.08. The number of hydrogen-bond donors (Lipinski definition) is 0. The van der Waals surface area contributed by atoms with Crippen LogP contribution in [0.25, 0.3) is 10.9 Å². The van der Waals surface area contributed by atoms with E-state index in [0.717, 1.165) is 72.4 Å². The first-order chi connectivity index (χ1) is 11.2. The fourth-order valence-corrected chi connectivity index (χ4v) is 4.16. The minimum absolute atomic E-state index is 0.132. The van der Waals surface area contributed by atoms with Crippen molar-refractivity contribution in [2.75, 3.05) is 13.1 Å². The molecule has 3 nitrogen and oxygen atoms in total. The van der Waals surface area contributed by atoms with Gasteiger partial charge in [-0.05, 0) is 49.8 Å². The Morgan fingerprint density at radius 2 is 1.83 bits per heavy atom. The van der Waals surface area contributed by atoms with Crippen LogP contribution in [0.3, 0.4) is 0 Å². The normalized spacial score (nSPS) is 18.0. The maximum atomic E-state index is 12.8. The zero-order valence-corrected chi connectivity index (χ0v) is 14.0. The predicted molar refractivity (Wildman–Crippen MR) is 93.1 cm³/mol. The van der Waals surface area contributed by atoms with Crippen molar-refractivity contribution < 1.29 is 4.79 Å². The molecule has 0 bridgehead atoms. The maximum Gasteiger partial charge on any atom is 0.253 e. The van der Waals surface area contributed by atoms with Gasteiger partial charge in [0, 0.05) is 29.7 Å². The number of amides is 1. The van der Waals surface area contributed by atoms with Crippen molar-refractivity contribution in [2.24, 2.45) is 0 Å². The van der Waals surface area contributed by atoms with E-state index in [0.29, 0.717) is 0 Å². The van der Waals surface area contributed by atoms with Gasteiger partial charge in [0.2, 0.25) is 0 Å². The number of hydrogen-bond acceptors (Lipinski definition) is 2. The van der Waals surface area contributed by atoms with E-state index in [2.05, 4.69) is 0 Å². The highest BCUT2D eigenvalue weighted by Gasteiger charge is 2.21. The smallest absolute Gasteiger partial charge is 0.253 e. The summed E-state index contributed by atoms with van der Waals surface area (Å²) >= 11 is 6.55. The Kier molecular flexibility index (Phi) is 3.98. The van der Waals surface area contributed by atoms with Crippen LogP contribution in [0.2, 0.25) is 5.02 Å². The van der Waals surface area contributed by atoms with E-state index in [1.54, 1.807) is 0 Å².